The molecule has 0 bridgehead atoms. The second kappa shape index (κ2) is 6.87. The van der Waals surface area contributed by atoms with Crippen LogP contribution in [0, 0.1) is 6.92 Å². The van der Waals surface area contributed by atoms with Gasteiger partial charge in [0.2, 0.25) is 0 Å². The van der Waals surface area contributed by atoms with Gasteiger partial charge in [-0.15, -0.1) is 0 Å². The number of hydrogen-bond donors (Lipinski definition) is 2. The normalized spacial score (nSPS) is 10.8. The fourth-order valence-electron chi connectivity index (χ4n) is 1.64. The number of rotatable bonds is 3. The summed E-state index contributed by atoms with van der Waals surface area (Å²) in [5, 5.41) is 13.5. The van der Waals surface area contributed by atoms with Crippen LogP contribution in [-0.2, 0) is 0 Å². The van der Waals surface area contributed by atoms with Gasteiger partial charge < -0.3 is 5.11 Å². The third-order valence-corrected chi connectivity index (χ3v) is 4.61. The molecule has 0 aliphatic carbocycles. The minimum atomic E-state index is -0.327. The number of carbonyl (C=O) groups excluding carboxylic acids is 1. The maximum atomic E-state index is 11.9. The average Bonchev–Trinajstić information content (AvgIpc) is 2.45. The lowest BCUT2D eigenvalue weighted by Crippen LogP contribution is -2.17. The standard InChI is InChI=1S/C15H12Br2N2O2/c1-9-2-5-14(20)11(6-9)8-18-19-15(21)10-3-4-12(16)13(17)7-10/h2-8,20H,1H3,(H,19,21)/b18-8-. The summed E-state index contributed by atoms with van der Waals surface area (Å²) in [6, 6.07) is 10.3. The van der Waals surface area contributed by atoms with Gasteiger partial charge in [0, 0.05) is 20.1 Å². The average molecular weight is 412 g/mol. The highest BCUT2D eigenvalue weighted by Crippen LogP contribution is 2.23. The molecule has 2 N–H and O–H groups in total. The molecule has 4 nitrogen and oxygen atoms in total. The number of carbonyl (C=O) groups is 1. The molecule has 0 heterocycles. The van der Waals surface area contributed by atoms with E-state index in [9.17, 15) is 9.90 Å². The fraction of sp³-hybridized carbons (Fsp3) is 0.0667. The number of hydrogen-bond acceptors (Lipinski definition) is 3. The second-order valence-electron chi connectivity index (χ2n) is 4.39. The lowest BCUT2D eigenvalue weighted by atomic mass is 10.1. The van der Waals surface area contributed by atoms with E-state index in [1.54, 1.807) is 36.4 Å². The van der Waals surface area contributed by atoms with Crippen molar-refractivity contribution in [2.24, 2.45) is 5.10 Å². The van der Waals surface area contributed by atoms with Crippen molar-refractivity contribution in [3.63, 3.8) is 0 Å². The molecule has 2 aromatic carbocycles. The van der Waals surface area contributed by atoms with Crippen LogP contribution in [0.1, 0.15) is 21.5 Å². The summed E-state index contributed by atoms with van der Waals surface area (Å²) >= 11 is 6.68. The fourth-order valence-corrected chi connectivity index (χ4v) is 2.27. The molecule has 0 radical (unpaired) electrons. The number of hydrazone groups is 1. The maximum Gasteiger partial charge on any atom is 0.271 e. The molecule has 0 fully saturated rings. The highest BCUT2D eigenvalue weighted by atomic mass is 79.9. The van der Waals surface area contributed by atoms with Gasteiger partial charge in [0.25, 0.3) is 5.91 Å². The quantitative estimate of drug-likeness (QED) is 0.592. The van der Waals surface area contributed by atoms with E-state index in [1.165, 1.54) is 6.21 Å². The molecule has 0 saturated carbocycles. The summed E-state index contributed by atoms with van der Waals surface area (Å²) in [5.74, 6) is -0.212. The van der Waals surface area contributed by atoms with E-state index >= 15 is 0 Å². The van der Waals surface area contributed by atoms with Crippen molar-refractivity contribution in [1.29, 1.82) is 0 Å². The monoisotopic (exact) mass is 410 g/mol. The number of phenolic OH excluding ortho intramolecular Hbond substituents is 1. The van der Waals surface area contributed by atoms with Crippen LogP contribution in [-0.4, -0.2) is 17.2 Å². The Morgan fingerprint density at radius 3 is 2.67 bits per heavy atom. The van der Waals surface area contributed by atoms with Gasteiger partial charge in [-0.05, 0) is 69.1 Å². The Kier molecular flexibility index (Phi) is 5.14. The third kappa shape index (κ3) is 4.15. The first-order chi connectivity index (χ1) is 9.97. The molecule has 2 rings (SSSR count). The molecule has 0 aromatic heterocycles. The second-order valence-corrected chi connectivity index (χ2v) is 6.10. The molecule has 21 heavy (non-hydrogen) atoms. The molecule has 0 aliphatic heterocycles. The Morgan fingerprint density at radius 1 is 1.19 bits per heavy atom. The van der Waals surface area contributed by atoms with Gasteiger partial charge in [0.05, 0.1) is 6.21 Å². The van der Waals surface area contributed by atoms with Crippen molar-refractivity contribution in [2.75, 3.05) is 0 Å². The molecular weight excluding hydrogens is 400 g/mol. The highest BCUT2D eigenvalue weighted by molar-refractivity contribution is 9.13. The predicted octanol–water partition coefficient (Wildman–Crippen LogP) is 3.99. The zero-order valence-electron chi connectivity index (χ0n) is 11.1. The lowest BCUT2D eigenvalue weighted by Gasteiger charge is -2.03. The first-order valence-electron chi connectivity index (χ1n) is 6.05. The lowest BCUT2D eigenvalue weighted by molar-refractivity contribution is 0.0955. The molecule has 0 unspecified atom stereocenters. The zero-order chi connectivity index (χ0) is 15.4. The Bertz CT molecular complexity index is 715. The van der Waals surface area contributed by atoms with Crippen molar-refractivity contribution in [3.8, 4) is 5.75 Å². The number of benzene rings is 2. The summed E-state index contributed by atoms with van der Waals surface area (Å²) in [6.45, 7) is 1.91. The molecule has 108 valence electrons. The molecule has 0 aliphatic rings. The molecule has 6 heteroatoms. The van der Waals surface area contributed by atoms with Crippen molar-refractivity contribution in [1.82, 2.24) is 5.43 Å². The Labute approximate surface area is 139 Å². The van der Waals surface area contributed by atoms with E-state index in [0.29, 0.717) is 11.1 Å². The molecule has 0 saturated heterocycles. The summed E-state index contributed by atoms with van der Waals surface area (Å²) in [5.41, 5.74) is 4.45. The minimum Gasteiger partial charge on any atom is -0.507 e. The van der Waals surface area contributed by atoms with E-state index in [2.05, 4.69) is 42.4 Å². The van der Waals surface area contributed by atoms with Gasteiger partial charge in [0.15, 0.2) is 0 Å². The molecule has 0 atom stereocenters. The van der Waals surface area contributed by atoms with Crippen LogP contribution in [0.3, 0.4) is 0 Å². The van der Waals surface area contributed by atoms with E-state index in [0.717, 1.165) is 14.5 Å². The van der Waals surface area contributed by atoms with Gasteiger partial charge in [0.1, 0.15) is 5.75 Å². The summed E-state index contributed by atoms with van der Waals surface area (Å²) < 4.78 is 1.66. The van der Waals surface area contributed by atoms with Crippen LogP contribution in [0.2, 0.25) is 0 Å². The van der Waals surface area contributed by atoms with Gasteiger partial charge in [-0.25, -0.2) is 5.43 Å². The Balaban J connectivity index is 2.08. The number of aromatic hydroxyl groups is 1. The van der Waals surface area contributed by atoms with E-state index in [-0.39, 0.29) is 11.7 Å². The van der Waals surface area contributed by atoms with Crippen LogP contribution in [0.5, 0.6) is 5.75 Å². The van der Waals surface area contributed by atoms with E-state index in [1.807, 2.05) is 6.92 Å². The largest absolute Gasteiger partial charge is 0.507 e. The predicted molar refractivity (Wildman–Crippen MR) is 89.7 cm³/mol. The molecular formula is C15H12Br2N2O2. The highest BCUT2D eigenvalue weighted by Gasteiger charge is 2.06. The first-order valence-corrected chi connectivity index (χ1v) is 7.64. The topological polar surface area (TPSA) is 61.7 Å². The summed E-state index contributed by atoms with van der Waals surface area (Å²) in [6.07, 6.45) is 1.41. The SMILES string of the molecule is Cc1ccc(O)c(/C=N\NC(=O)c2ccc(Br)c(Br)c2)c1. The zero-order valence-corrected chi connectivity index (χ0v) is 14.3. The number of halogens is 2. The number of phenols is 1. The van der Waals surface area contributed by atoms with Crippen LogP contribution >= 0.6 is 31.9 Å². The van der Waals surface area contributed by atoms with Crippen LogP contribution in [0.4, 0.5) is 0 Å². The number of aryl methyl sites for hydroxylation is 1. The summed E-state index contributed by atoms with van der Waals surface area (Å²) in [4.78, 5) is 11.9. The third-order valence-electron chi connectivity index (χ3n) is 2.73. The maximum absolute atomic E-state index is 11.9. The Hall–Kier alpha value is -1.66. The molecule has 0 spiro atoms. The van der Waals surface area contributed by atoms with Crippen molar-refractivity contribution < 1.29 is 9.90 Å². The van der Waals surface area contributed by atoms with Crippen LogP contribution in [0.15, 0.2) is 50.4 Å². The number of nitrogens with one attached hydrogen (secondary N) is 1. The van der Waals surface area contributed by atoms with Crippen molar-refractivity contribution in [2.45, 2.75) is 6.92 Å². The van der Waals surface area contributed by atoms with Gasteiger partial charge in [-0.1, -0.05) is 11.6 Å². The van der Waals surface area contributed by atoms with E-state index < -0.39 is 0 Å². The van der Waals surface area contributed by atoms with E-state index in [4.69, 9.17) is 0 Å². The van der Waals surface area contributed by atoms with Crippen LogP contribution < -0.4 is 5.43 Å². The number of nitrogens with zero attached hydrogens (tertiary/aromatic N) is 1. The Morgan fingerprint density at radius 2 is 1.95 bits per heavy atom. The summed E-state index contributed by atoms with van der Waals surface area (Å²) in [7, 11) is 0. The number of amides is 1. The van der Waals surface area contributed by atoms with Crippen LogP contribution in [0.25, 0.3) is 0 Å². The minimum absolute atomic E-state index is 0.116. The van der Waals surface area contributed by atoms with Crippen molar-refractivity contribution >= 4 is 44.0 Å². The first kappa shape index (κ1) is 15.7. The van der Waals surface area contributed by atoms with Gasteiger partial charge in [-0.3, -0.25) is 4.79 Å². The molecule has 1 amide bonds. The van der Waals surface area contributed by atoms with Gasteiger partial charge >= 0.3 is 0 Å². The molecule has 2 aromatic rings. The van der Waals surface area contributed by atoms with Crippen molar-refractivity contribution in [3.05, 3.63) is 62.0 Å². The van der Waals surface area contributed by atoms with Gasteiger partial charge in [-0.2, -0.15) is 5.10 Å². The smallest absolute Gasteiger partial charge is 0.271 e.